The first-order valence-corrected chi connectivity index (χ1v) is 7.03. The Morgan fingerprint density at radius 3 is 2.45 bits per heavy atom. The number of aromatic carboxylic acids is 1. The van der Waals surface area contributed by atoms with Crippen molar-refractivity contribution in [3.05, 3.63) is 40.5 Å². The fraction of sp³-hybridized carbons (Fsp3) is 0.250. The molecular formula is C16H17ClN2O3. The van der Waals surface area contributed by atoms with E-state index in [-0.39, 0.29) is 27.6 Å². The number of hydrogen-bond acceptors (Lipinski definition) is 4. The predicted octanol–water partition coefficient (Wildman–Crippen LogP) is 3.69. The predicted molar refractivity (Wildman–Crippen MR) is 86.4 cm³/mol. The Balaban J connectivity index is 2.66. The summed E-state index contributed by atoms with van der Waals surface area (Å²) in [5, 5.41) is 19.4. The Morgan fingerprint density at radius 2 is 1.95 bits per heavy atom. The van der Waals surface area contributed by atoms with Gasteiger partial charge in [0.15, 0.2) is 0 Å². The lowest BCUT2D eigenvalue weighted by atomic mass is 9.85. The quantitative estimate of drug-likeness (QED) is 0.733. The van der Waals surface area contributed by atoms with Gasteiger partial charge in [0.25, 0.3) is 0 Å². The Kier molecular flexibility index (Phi) is 4.02. The molecule has 0 spiro atoms. The Bertz CT molecular complexity index is 729. The van der Waals surface area contributed by atoms with Crippen molar-refractivity contribution in [3.8, 4) is 17.0 Å². The number of nitrogens with zero attached hydrogens (tertiary/aromatic N) is 1. The van der Waals surface area contributed by atoms with E-state index in [1.54, 1.807) is 12.1 Å². The number of carboxylic acid groups (broad SMARTS) is 1. The minimum absolute atomic E-state index is 0.00283. The Morgan fingerprint density at radius 1 is 1.32 bits per heavy atom. The van der Waals surface area contributed by atoms with Crippen LogP contribution >= 0.6 is 11.6 Å². The molecule has 0 unspecified atom stereocenters. The van der Waals surface area contributed by atoms with Crippen LogP contribution in [0.5, 0.6) is 5.75 Å². The maximum absolute atomic E-state index is 11.1. The molecule has 2 aromatic rings. The summed E-state index contributed by atoms with van der Waals surface area (Å²) in [5.74, 6) is -1.16. The fourth-order valence-electron chi connectivity index (χ4n) is 2.24. The molecule has 22 heavy (non-hydrogen) atoms. The number of nitrogens with two attached hydrogens (primary N) is 1. The molecule has 1 aromatic heterocycles. The van der Waals surface area contributed by atoms with Crippen molar-refractivity contribution in [3.63, 3.8) is 0 Å². The number of carboxylic acids is 1. The highest BCUT2D eigenvalue weighted by Crippen LogP contribution is 2.39. The number of hydrogen-bond donors (Lipinski definition) is 3. The summed E-state index contributed by atoms with van der Waals surface area (Å²) >= 11 is 5.91. The number of aromatic hydroxyl groups is 1. The van der Waals surface area contributed by atoms with E-state index in [1.165, 1.54) is 6.07 Å². The highest BCUT2D eigenvalue weighted by molar-refractivity contribution is 6.33. The normalized spacial score (nSPS) is 11.5. The molecule has 4 N–H and O–H groups in total. The maximum Gasteiger partial charge on any atom is 0.340 e. The van der Waals surface area contributed by atoms with Crippen molar-refractivity contribution < 1.29 is 15.0 Å². The van der Waals surface area contributed by atoms with Gasteiger partial charge in [-0.15, -0.1) is 0 Å². The first-order valence-electron chi connectivity index (χ1n) is 6.65. The number of nitrogen functional groups attached to an aromatic ring is 1. The summed E-state index contributed by atoms with van der Waals surface area (Å²) in [6.07, 6.45) is 0. The third kappa shape index (κ3) is 2.85. The molecule has 116 valence electrons. The number of pyridine rings is 1. The number of carbonyl (C=O) groups is 1. The molecule has 0 aliphatic carbocycles. The van der Waals surface area contributed by atoms with Gasteiger partial charge in [-0.3, -0.25) is 0 Å². The number of anilines is 1. The van der Waals surface area contributed by atoms with Crippen LogP contribution in [0.2, 0.25) is 5.15 Å². The molecule has 0 aliphatic rings. The monoisotopic (exact) mass is 320 g/mol. The number of rotatable bonds is 2. The highest BCUT2D eigenvalue weighted by atomic mass is 35.5. The van der Waals surface area contributed by atoms with Crippen LogP contribution in [0, 0.1) is 0 Å². The van der Waals surface area contributed by atoms with E-state index in [1.807, 2.05) is 26.8 Å². The average Bonchev–Trinajstić information content (AvgIpc) is 2.35. The highest BCUT2D eigenvalue weighted by Gasteiger charge is 2.22. The van der Waals surface area contributed by atoms with Gasteiger partial charge >= 0.3 is 5.97 Å². The van der Waals surface area contributed by atoms with Crippen LogP contribution < -0.4 is 5.73 Å². The van der Waals surface area contributed by atoms with E-state index < -0.39 is 5.97 Å². The van der Waals surface area contributed by atoms with Gasteiger partial charge in [-0.1, -0.05) is 44.5 Å². The van der Waals surface area contributed by atoms with Crippen molar-refractivity contribution in [2.45, 2.75) is 26.2 Å². The van der Waals surface area contributed by atoms with E-state index in [9.17, 15) is 9.90 Å². The number of aromatic nitrogens is 1. The van der Waals surface area contributed by atoms with E-state index in [4.69, 9.17) is 22.4 Å². The lowest BCUT2D eigenvalue weighted by Crippen LogP contribution is -2.11. The number of halogens is 1. The van der Waals surface area contributed by atoms with E-state index in [0.717, 1.165) is 5.56 Å². The van der Waals surface area contributed by atoms with Crippen molar-refractivity contribution in [2.75, 3.05) is 5.73 Å². The molecule has 0 atom stereocenters. The number of phenolic OH excluding ortho intramolecular Hbond substituents is 1. The second-order valence-corrected chi connectivity index (χ2v) is 6.38. The largest absolute Gasteiger partial charge is 0.507 e. The van der Waals surface area contributed by atoms with Crippen LogP contribution in [0.4, 0.5) is 5.69 Å². The lowest BCUT2D eigenvalue weighted by Gasteiger charge is -2.22. The van der Waals surface area contributed by atoms with Crippen molar-refractivity contribution >= 4 is 23.3 Å². The Labute approximate surface area is 133 Å². The van der Waals surface area contributed by atoms with Crippen molar-refractivity contribution in [1.29, 1.82) is 0 Å². The van der Waals surface area contributed by atoms with Gasteiger partial charge in [-0.2, -0.15) is 0 Å². The van der Waals surface area contributed by atoms with Crippen LogP contribution in [0.25, 0.3) is 11.3 Å². The zero-order valence-corrected chi connectivity index (χ0v) is 13.3. The SMILES string of the molecule is CC(C)(C)c1cccc(-c2cc(N)c(C(=O)O)c(Cl)n2)c1O. The summed E-state index contributed by atoms with van der Waals surface area (Å²) in [6.45, 7) is 5.94. The molecular weight excluding hydrogens is 304 g/mol. The third-order valence-electron chi connectivity index (χ3n) is 3.34. The van der Waals surface area contributed by atoms with Gasteiger partial charge < -0.3 is 15.9 Å². The molecule has 0 fully saturated rings. The smallest absolute Gasteiger partial charge is 0.340 e. The molecule has 0 aliphatic heterocycles. The topological polar surface area (TPSA) is 96.4 Å². The molecule has 1 heterocycles. The molecule has 0 amide bonds. The molecule has 1 aromatic carbocycles. The van der Waals surface area contributed by atoms with Crippen LogP contribution in [0.1, 0.15) is 36.7 Å². The summed E-state index contributed by atoms with van der Waals surface area (Å²) in [7, 11) is 0. The second kappa shape index (κ2) is 5.50. The van der Waals surface area contributed by atoms with Gasteiger partial charge in [0, 0.05) is 5.56 Å². The van der Waals surface area contributed by atoms with E-state index in [0.29, 0.717) is 11.3 Å². The molecule has 2 rings (SSSR count). The zero-order valence-electron chi connectivity index (χ0n) is 12.5. The van der Waals surface area contributed by atoms with Crippen LogP contribution in [-0.4, -0.2) is 21.2 Å². The maximum atomic E-state index is 11.1. The second-order valence-electron chi connectivity index (χ2n) is 6.02. The molecule has 6 heteroatoms. The standard InChI is InChI=1S/C16H17ClN2O3/c1-16(2,3)9-6-4-5-8(13(9)20)11-7-10(18)12(15(21)22)14(17)19-11/h4-7,20H,1-3H3,(H2,18,19)(H,21,22). The van der Waals surface area contributed by atoms with Gasteiger partial charge in [-0.05, 0) is 23.1 Å². The summed E-state index contributed by atoms with van der Waals surface area (Å²) < 4.78 is 0. The van der Waals surface area contributed by atoms with Gasteiger partial charge in [-0.25, -0.2) is 9.78 Å². The van der Waals surface area contributed by atoms with Crippen molar-refractivity contribution in [2.24, 2.45) is 0 Å². The number of benzene rings is 1. The average molecular weight is 321 g/mol. The summed E-state index contributed by atoms with van der Waals surface area (Å²) in [6, 6.07) is 6.71. The lowest BCUT2D eigenvalue weighted by molar-refractivity contribution is 0.0698. The fourth-order valence-corrected chi connectivity index (χ4v) is 2.52. The van der Waals surface area contributed by atoms with Crippen LogP contribution in [0.3, 0.4) is 0 Å². The minimum Gasteiger partial charge on any atom is -0.507 e. The summed E-state index contributed by atoms with van der Waals surface area (Å²) in [5.41, 5.74) is 6.80. The number of para-hydroxylation sites is 1. The summed E-state index contributed by atoms with van der Waals surface area (Å²) in [4.78, 5) is 15.1. The van der Waals surface area contributed by atoms with Gasteiger partial charge in [0.1, 0.15) is 16.5 Å². The molecule has 0 bridgehead atoms. The van der Waals surface area contributed by atoms with Crippen LogP contribution in [0.15, 0.2) is 24.3 Å². The number of phenols is 1. The van der Waals surface area contributed by atoms with Gasteiger partial charge in [0.05, 0.1) is 11.4 Å². The third-order valence-corrected chi connectivity index (χ3v) is 3.61. The molecule has 0 radical (unpaired) electrons. The zero-order chi connectivity index (χ0) is 16.7. The minimum atomic E-state index is -1.24. The van der Waals surface area contributed by atoms with Crippen molar-refractivity contribution in [1.82, 2.24) is 4.98 Å². The van der Waals surface area contributed by atoms with Crippen LogP contribution in [-0.2, 0) is 5.41 Å². The van der Waals surface area contributed by atoms with E-state index >= 15 is 0 Å². The van der Waals surface area contributed by atoms with Gasteiger partial charge in [0.2, 0.25) is 0 Å². The van der Waals surface area contributed by atoms with E-state index in [2.05, 4.69) is 4.98 Å². The molecule has 0 saturated heterocycles. The first kappa shape index (κ1) is 16.1. The Hall–Kier alpha value is -2.27. The first-order chi connectivity index (χ1) is 10.1. The molecule has 0 saturated carbocycles. The molecule has 5 nitrogen and oxygen atoms in total.